The topological polar surface area (TPSA) is 49.3 Å². The van der Waals surface area contributed by atoms with Crippen LogP contribution in [0, 0.1) is 23.2 Å². The van der Waals surface area contributed by atoms with Crippen molar-refractivity contribution in [2.75, 3.05) is 6.61 Å². The van der Waals surface area contributed by atoms with E-state index in [1.54, 1.807) is 0 Å². The number of rotatable bonds is 3. The van der Waals surface area contributed by atoms with Gasteiger partial charge < -0.3 is 10.4 Å². The third-order valence-corrected chi connectivity index (χ3v) is 4.49. The zero-order valence-corrected chi connectivity index (χ0v) is 12.4. The van der Waals surface area contributed by atoms with Crippen molar-refractivity contribution in [2.45, 2.75) is 52.5 Å². The average molecular weight is 265 g/mol. The maximum Gasteiger partial charge on any atom is 0.223 e. The van der Waals surface area contributed by atoms with Crippen molar-refractivity contribution >= 4 is 5.91 Å². The van der Waals surface area contributed by atoms with Gasteiger partial charge in [-0.2, -0.15) is 0 Å². The van der Waals surface area contributed by atoms with E-state index in [1.807, 2.05) is 12.2 Å². The average Bonchev–Trinajstić information content (AvgIpc) is 2.74. The lowest BCUT2D eigenvalue weighted by Crippen LogP contribution is -2.42. The molecule has 0 heterocycles. The molecule has 2 aliphatic carbocycles. The van der Waals surface area contributed by atoms with Crippen molar-refractivity contribution in [3.63, 3.8) is 0 Å². The Hall–Kier alpha value is -0.830. The van der Waals surface area contributed by atoms with E-state index < -0.39 is 0 Å². The predicted molar refractivity (Wildman–Crippen MR) is 76.5 cm³/mol. The lowest BCUT2D eigenvalue weighted by Gasteiger charge is -2.38. The molecule has 0 radical (unpaired) electrons. The van der Waals surface area contributed by atoms with E-state index in [1.165, 1.54) is 6.42 Å². The molecule has 2 unspecified atom stereocenters. The van der Waals surface area contributed by atoms with Crippen LogP contribution >= 0.6 is 0 Å². The highest BCUT2D eigenvalue weighted by molar-refractivity contribution is 5.79. The molecule has 2 rings (SSSR count). The van der Waals surface area contributed by atoms with E-state index in [2.05, 4.69) is 26.1 Å². The molecule has 1 saturated carbocycles. The minimum Gasteiger partial charge on any atom is -0.396 e. The molecule has 0 aromatic carbocycles. The van der Waals surface area contributed by atoms with Crippen LogP contribution in [0.4, 0.5) is 0 Å². The molecule has 0 saturated heterocycles. The Morgan fingerprint density at radius 2 is 2.05 bits per heavy atom. The fourth-order valence-corrected chi connectivity index (χ4v) is 3.86. The molecular formula is C16H27NO2. The molecule has 0 bridgehead atoms. The molecule has 2 N–H and O–H groups in total. The van der Waals surface area contributed by atoms with E-state index in [0.29, 0.717) is 5.92 Å². The van der Waals surface area contributed by atoms with Crippen molar-refractivity contribution < 1.29 is 9.90 Å². The van der Waals surface area contributed by atoms with E-state index in [-0.39, 0.29) is 35.8 Å². The number of nitrogens with one attached hydrogen (secondary N) is 1. The molecule has 0 aromatic rings. The molecule has 0 aliphatic heterocycles. The summed E-state index contributed by atoms with van der Waals surface area (Å²) in [5.74, 6) is 1.20. The summed E-state index contributed by atoms with van der Waals surface area (Å²) in [5.41, 5.74) is 0.277. The highest BCUT2D eigenvalue weighted by Gasteiger charge is 2.36. The molecule has 0 aromatic heterocycles. The molecule has 19 heavy (non-hydrogen) atoms. The smallest absolute Gasteiger partial charge is 0.223 e. The third-order valence-electron chi connectivity index (χ3n) is 4.49. The quantitative estimate of drug-likeness (QED) is 0.770. The first kappa shape index (κ1) is 14.6. The molecule has 1 fully saturated rings. The number of hydrogen-bond donors (Lipinski definition) is 2. The summed E-state index contributed by atoms with van der Waals surface area (Å²) in [4.78, 5) is 12.4. The first-order valence-electron chi connectivity index (χ1n) is 7.49. The Morgan fingerprint density at radius 1 is 1.32 bits per heavy atom. The van der Waals surface area contributed by atoms with E-state index in [4.69, 9.17) is 5.11 Å². The number of hydrogen-bond acceptors (Lipinski definition) is 2. The van der Waals surface area contributed by atoms with Gasteiger partial charge >= 0.3 is 0 Å². The first-order chi connectivity index (χ1) is 8.89. The van der Waals surface area contributed by atoms with E-state index in [9.17, 15) is 4.79 Å². The Balaban J connectivity index is 1.88. The summed E-state index contributed by atoms with van der Waals surface area (Å²) in [5, 5.41) is 12.2. The fraction of sp³-hybridized carbons (Fsp3) is 0.812. The second-order valence-corrected chi connectivity index (χ2v) is 7.29. The van der Waals surface area contributed by atoms with Gasteiger partial charge in [0, 0.05) is 24.5 Å². The number of aliphatic hydroxyl groups is 1. The minimum absolute atomic E-state index is 0.116. The van der Waals surface area contributed by atoms with E-state index >= 15 is 0 Å². The third kappa shape index (κ3) is 3.82. The molecule has 4 atom stereocenters. The minimum atomic E-state index is 0.116. The standard InChI is InChI=1S/C16H27NO2/c1-11-6-13(9-16(2,3)8-11)15(19)17-14-5-4-12(7-14)10-18/h4-5,11-14,18H,6-10H2,1-3H3,(H,17,19)/t11?,12-,13?,14+/m0/s1. The lowest BCUT2D eigenvalue weighted by atomic mass is 9.68. The Morgan fingerprint density at radius 3 is 2.63 bits per heavy atom. The van der Waals surface area contributed by atoms with Crippen molar-refractivity contribution in [2.24, 2.45) is 23.2 Å². The summed E-state index contributed by atoms with van der Waals surface area (Å²) in [6.45, 7) is 6.95. The summed E-state index contributed by atoms with van der Waals surface area (Å²) in [7, 11) is 0. The highest BCUT2D eigenvalue weighted by Crippen LogP contribution is 2.41. The van der Waals surface area contributed by atoms with Gasteiger partial charge in [0.1, 0.15) is 0 Å². The van der Waals surface area contributed by atoms with Crippen LogP contribution in [-0.2, 0) is 4.79 Å². The molecule has 2 aliphatic rings. The second kappa shape index (κ2) is 5.66. The van der Waals surface area contributed by atoms with Crippen LogP contribution < -0.4 is 5.32 Å². The van der Waals surface area contributed by atoms with Gasteiger partial charge in [-0.1, -0.05) is 32.9 Å². The van der Waals surface area contributed by atoms with Crippen LogP contribution in [0.25, 0.3) is 0 Å². The van der Waals surface area contributed by atoms with Gasteiger partial charge in [0.05, 0.1) is 0 Å². The number of carbonyl (C=O) groups excluding carboxylic acids is 1. The van der Waals surface area contributed by atoms with Crippen molar-refractivity contribution in [3.05, 3.63) is 12.2 Å². The summed E-state index contributed by atoms with van der Waals surface area (Å²) in [6, 6.07) is 0.116. The van der Waals surface area contributed by atoms with Gasteiger partial charge in [-0.15, -0.1) is 0 Å². The number of carbonyl (C=O) groups is 1. The molecule has 3 heteroatoms. The van der Waals surface area contributed by atoms with Crippen LogP contribution in [0.5, 0.6) is 0 Å². The van der Waals surface area contributed by atoms with Gasteiger partial charge in [-0.3, -0.25) is 4.79 Å². The normalized spacial score (nSPS) is 37.3. The van der Waals surface area contributed by atoms with Gasteiger partial charge in [0.2, 0.25) is 5.91 Å². The Kier molecular flexibility index (Phi) is 4.34. The summed E-state index contributed by atoms with van der Waals surface area (Å²) < 4.78 is 0. The van der Waals surface area contributed by atoms with Crippen molar-refractivity contribution in [1.29, 1.82) is 0 Å². The first-order valence-corrected chi connectivity index (χ1v) is 7.49. The lowest BCUT2D eigenvalue weighted by molar-refractivity contribution is -0.128. The van der Waals surface area contributed by atoms with Crippen molar-refractivity contribution in [3.8, 4) is 0 Å². The summed E-state index contributed by atoms with van der Waals surface area (Å²) in [6.07, 6.45) is 8.09. The predicted octanol–water partition coefficient (Wildman–Crippen LogP) is 2.50. The summed E-state index contributed by atoms with van der Waals surface area (Å²) >= 11 is 0. The molecular weight excluding hydrogens is 238 g/mol. The fourth-order valence-electron chi connectivity index (χ4n) is 3.86. The van der Waals surface area contributed by atoms with Gasteiger partial charge in [0.15, 0.2) is 0 Å². The highest BCUT2D eigenvalue weighted by atomic mass is 16.3. The maximum atomic E-state index is 12.4. The van der Waals surface area contributed by atoms with Crippen LogP contribution in [0.1, 0.15) is 46.5 Å². The van der Waals surface area contributed by atoms with Crippen molar-refractivity contribution in [1.82, 2.24) is 5.32 Å². The zero-order valence-electron chi connectivity index (χ0n) is 12.4. The second-order valence-electron chi connectivity index (χ2n) is 7.29. The SMILES string of the molecule is CC1CC(C(=O)N[C@@H]2C=C[C@H](CO)C2)CC(C)(C)C1. The monoisotopic (exact) mass is 265 g/mol. The van der Waals surface area contributed by atoms with Crippen LogP contribution in [0.15, 0.2) is 12.2 Å². The van der Waals surface area contributed by atoms with Gasteiger partial charge in [-0.05, 0) is 37.0 Å². The van der Waals surface area contributed by atoms with Crippen LogP contribution in [0.3, 0.4) is 0 Å². The number of aliphatic hydroxyl groups excluding tert-OH is 1. The molecule has 0 spiro atoms. The zero-order chi connectivity index (χ0) is 14.0. The van der Waals surface area contributed by atoms with Crippen LogP contribution in [0.2, 0.25) is 0 Å². The van der Waals surface area contributed by atoms with E-state index in [0.717, 1.165) is 19.3 Å². The molecule has 1 amide bonds. The van der Waals surface area contributed by atoms with Gasteiger partial charge in [0.25, 0.3) is 0 Å². The molecule has 3 nitrogen and oxygen atoms in total. The Labute approximate surface area is 116 Å². The van der Waals surface area contributed by atoms with Crippen LogP contribution in [-0.4, -0.2) is 23.7 Å². The molecule has 108 valence electrons. The Bertz CT molecular complexity index is 362. The largest absolute Gasteiger partial charge is 0.396 e. The number of amides is 1. The maximum absolute atomic E-state index is 12.4. The van der Waals surface area contributed by atoms with Gasteiger partial charge in [-0.25, -0.2) is 0 Å².